The van der Waals surface area contributed by atoms with Gasteiger partial charge >= 0.3 is 0 Å². The molecular formula is C17H24N4OS2. The summed E-state index contributed by atoms with van der Waals surface area (Å²) in [6.07, 6.45) is 0.849. The highest BCUT2D eigenvalue weighted by Crippen LogP contribution is 2.26. The monoisotopic (exact) mass is 364 g/mol. The Morgan fingerprint density at radius 3 is 2.71 bits per heavy atom. The highest BCUT2D eigenvalue weighted by Gasteiger charge is 2.14. The molecular weight excluding hydrogens is 340 g/mol. The maximum absolute atomic E-state index is 11.9. The summed E-state index contributed by atoms with van der Waals surface area (Å²) in [4.78, 5) is 11.9. The number of hydrogen-bond acceptors (Lipinski definition) is 6. The van der Waals surface area contributed by atoms with Crippen molar-refractivity contribution in [1.29, 1.82) is 0 Å². The van der Waals surface area contributed by atoms with Crippen LogP contribution in [0.1, 0.15) is 31.9 Å². The second-order valence-corrected chi connectivity index (χ2v) is 8.76. The minimum Gasteiger partial charge on any atom is -0.355 e. The fourth-order valence-corrected chi connectivity index (χ4v) is 3.84. The van der Waals surface area contributed by atoms with Gasteiger partial charge in [0.05, 0.1) is 5.75 Å². The molecule has 0 radical (unpaired) electrons. The molecule has 0 unspecified atom stereocenters. The number of carbonyl (C=O) groups is 1. The van der Waals surface area contributed by atoms with Gasteiger partial charge in [-0.15, -0.1) is 10.2 Å². The maximum Gasteiger partial charge on any atom is 0.230 e. The van der Waals surface area contributed by atoms with Crippen molar-refractivity contribution in [2.24, 2.45) is 0 Å². The van der Waals surface area contributed by atoms with Crippen LogP contribution in [0.15, 0.2) is 28.6 Å². The van der Waals surface area contributed by atoms with Gasteiger partial charge in [0.15, 0.2) is 4.34 Å². The maximum atomic E-state index is 11.9. The number of nitrogens with zero attached hydrogens (tertiary/aromatic N) is 2. The lowest BCUT2D eigenvalue weighted by molar-refractivity contribution is -0.118. The summed E-state index contributed by atoms with van der Waals surface area (Å²) in [5, 5.41) is 15.2. The first-order valence-electron chi connectivity index (χ1n) is 7.89. The minimum atomic E-state index is -0.0472. The third kappa shape index (κ3) is 6.49. The van der Waals surface area contributed by atoms with Crippen LogP contribution >= 0.6 is 23.1 Å². The third-order valence-electron chi connectivity index (χ3n) is 3.19. The minimum absolute atomic E-state index is 0.0223. The third-order valence-corrected chi connectivity index (χ3v) is 5.16. The molecule has 1 aromatic heterocycles. The van der Waals surface area contributed by atoms with Crippen LogP contribution in [0.3, 0.4) is 0 Å². The van der Waals surface area contributed by atoms with Crippen molar-refractivity contribution in [3.05, 3.63) is 35.4 Å². The molecule has 0 aliphatic carbocycles. The molecule has 2 N–H and O–H groups in total. The summed E-state index contributed by atoms with van der Waals surface area (Å²) in [7, 11) is 0. The second-order valence-electron chi connectivity index (χ2n) is 6.56. The van der Waals surface area contributed by atoms with E-state index in [-0.39, 0.29) is 11.4 Å². The molecule has 0 atom stereocenters. The molecule has 0 aliphatic rings. The topological polar surface area (TPSA) is 66.9 Å². The van der Waals surface area contributed by atoms with Gasteiger partial charge in [0, 0.05) is 12.1 Å². The molecule has 0 bridgehead atoms. The summed E-state index contributed by atoms with van der Waals surface area (Å²) < 4.78 is 0.802. The Morgan fingerprint density at radius 1 is 1.25 bits per heavy atom. The lowest BCUT2D eigenvalue weighted by atomic mass is 10.1. The fourth-order valence-electron chi connectivity index (χ4n) is 2.04. The molecule has 0 spiro atoms. The van der Waals surface area contributed by atoms with E-state index in [4.69, 9.17) is 0 Å². The van der Waals surface area contributed by atoms with Crippen LogP contribution in [0.25, 0.3) is 0 Å². The molecule has 24 heavy (non-hydrogen) atoms. The highest BCUT2D eigenvalue weighted by atomic mass is 32.2. The lowest BCUT2D eigenvalue weighted by Gasteiger charge is -2.18. The largest absolute Gasteiger partial charge is 0.355 e. The number of nitrogens with one attached hydrogen (secondary N) is 2. The molecule has 1 aromatic carbocycles. The first kappa shape index (κ1) is 18.7. The van der Waals surface area contributed by atoms with E-state index in [1.165, 1.54) is 34.2 Å². The van der Waals surface area contributed by atoms with Crippen molar-refractivity contribution < 1.29 is 4.79 Å². The first-order chi connectivity index (χ1) is 11.3. The van der Waals surface area contributed by atoms with E-state index in [0.717, 1.165) is 15.9 Å². The van der Waals surface area contributed by atoms with E-state index >= 15 is 0 Å². The zero-order chi connectivity index (χ0) is 17.6. The number of thioether (sulfide) groups is 1. The summed E-state index contributed by atoms with van der Waals surface area (Å²) >= 11 is 2.89. The Hall–Kier alpha value is -1.60. The quantitative estimate of drug-likeness (QED) is 0.736. The number of rotatable bonds is 7. The van der Waals surface area contributed by atoms with Crippen molar-refractivity contribution in [3.8, 4) is 0 Å². The summed E-state index contributed by atoms with van der Waals surface area (Å²) in [5.74, 6) is 0.381. The Bertz CT molecular complexity index is 679. The molecule has 1 heterocycles. The molecule has 5 nitrogen and oxygen atoms in total. The molecule has 130 valence electrons. The zero-order valence-corrected chi connectivity index (χ0v) is 16.2. The number of carbonyl (C=O) groups excluding carboxylic acids is 1. The standard InChI is InChI=1S/C17H24N4OS2/c1-12-7-5-6-8-13(12)9-10-18-14(22)11-23-16-21-20-15(24-16)19-17(2,3)4/h5-8H,9-11H2,1-4H3,(H,18,22)(H,19,20). The predicted molar refractivity (Wildman–Crippen MR) is 102 cm³/mol. The van der Waals surface area contributed by atoms with Crippen molar-refractivity contribution >= 4 is 34.1 Å². The van der Waals surface area contributed by atoms with Gasteiger partial charge in [0.25, 0.3) is 0 Å². The van der Waals surface area contributed by atoms with Gasteiger partial charge in [0.1, 0.15) is 0 Å². The van der Waals surface area contributed by atoms with Crippen LogP contribution in [0, 0.1) is 6.92 Å². The van der Waals surface area contributed by atoms with Crippen molar-refractivity contribution in [3.63, 3.8) is 0 Å². The van der Waals surface area contributed by atoms with Crippen LogP contribution in [0.2, 0.25) is 0 Å². The molecule has 0 aliphatic heterocycles. The number of anilines is 1. The second kappa shape index (κ2) is 8.48. The Labute approximate surface area is 151 Å². The Kier molecular flexibility index (Phi) is 6.62. The smallest absolute Gasteiger partial charge is 0.230 e. The zero-order valence-electron chi connectivity index (χ0n) is 14.5. The predicted octanol–water partition coefficient (Wildman–Crippen LogP) is 3.51. The Morgan fingerprint density at radius 2 is 2.00 bits per heavy atom. The van der Waals surface area contributed by atoms with E-state index in [1.54, 1.807) is 0 Å². The van der Waals surface area contributed by atoms with Gasteiger partial charge in [-0.2, -0.15) is 0 Å². The highest BCUT2D eigenvalue weighted by molar-refractivity contribution is 8.01. The summed E-state index contributed by atoms with van der Waals surface area (Å²) in [6.45, 7) is 8.96. The van der Waals surface area contributed by atoms with E-state index < -0.39 is 0 Å². The average molecular weight is 365 g/mol. The normalized spacial score (nSPS) is 11.3. The van der Waals surface area contributed by atoms with Crippen LogP contribution < -0.4 is 10.6 Å². The van der Waals surface area contributed by atoms with E-state index in [9.17, 15) is 4.79 Å². The van der Waals surface area contributed by atoms with Gasteiger partial charge in [-0.05, 0) is 45.2 Å². The lowest BCUT2D eigenvalue weighted by Crippen LogP contribution is -2.27. The van der Waals surface area contributed by atoms with Gasteiger partial charge in [0.2, 0.25) is 11.0 Å². The molecule has 0 saturated carbocycles. The van der Waals surface area contributed by atoms with Crippen molar-refractivity contribution in [2.75, 3.05) is 17.6 Å². The van der Waals surface area contributed by atoms with E-state index in [0.29, 0.717) is 12.3 Å². The van der Waals surface area contributed by atoms with Crippen LogP contribution in [0.5, 0.6) is 0 Å². The molecule has 0 fully saturated rings. The first-order valence-corrected chi connectivity index (χ1v) is 9.69. The van der Waals surface area contributed by atoms with Gasteiger partial charge in [-0.1, -0.05) is 47.4 Å². The fraction of sp³-hybridized carbons (Fsp3) is 0.471. The van der Waals surface area contributed by atoms with Crippen molar-refractivity contribution in [1.82, 2.24) is 15.5 Å². The molecule has 7 heteroatoms. The number of hydrogen-bond donors (Lipinski definition) is 2. The average Bonchev–Trinajstić information content (AvgIpc) is 2.92. The molecule has 2 aromatic rings. The summed E-state index contributed by atoms with van der Waals surface area (Å²) in [5.41, 5.74) is 2.48. The molecule has 0 saturated heterocycles. The van der Waals surface area contributed by atoms with Crippen LogP contribution in [-0.4, -0.2) is 33.9 Å². The summed E-state index contributed by atoms with van der Waals surface area (Å²) in [6, 6.07) is 8.24. The molecule has 1 amide bonds. The number of aryl methyl sites for hydroxylation is 1. The van der Waals surface area contributed by atoms with Crippen LogP contribution in [-0.2, 0) is 11.2 Å². The number of aromatic nitrogens is 2. The van der Waals surface area contributed by atoms with Gasteiger partial charge in [-0.3, -0.25) is 4.79 Å². The van der Waals surface area contributed by atoms with Gasteiger partial charge < -0.3 is 10.6 Å². The van der Waals surface area contributed by atoms with Gasteiger partial charge in [-0.25, -0.2) is 0 Å². The number of amides is 1. The van der Waals surface area contributed by atoms with E-state index in [2.05, 4.69) is 60.7 Å². The van der Waals surface area contributed by atoms with E-state index in [1.807, 2.05) is 12.1 Å². The van der Waals surface area contributed by atoms with Crippen LogP contribution in [0.4, 0.5) is 5.13 Å². The van der Waals surface area contributed by atoms with Crippen molar-refractivity contribution in [2.45, 2.75) is 44.0 Å². The molecule has 2 rings (SSSR count). The number of benzene rings is 1. The SMILES string of the molecule is Cc1ccccc1CCNC(=O)CSc1nnc(NC(C)(C)C)s1. The Balaban J connectivity index is 1.71.